The Balaban J connectivity index is 0.000000131. The summed E-state index contributed by atoms with van der Waals surface area (Å²) >= 11 is 0. The smallest absolute Gasteiger partial charge is 0.326 e. The summed E-state index contributed by atoms with van der Waals surface area (Å²) in [7, 11) is 0. The first kappa shape index (κ1) is 12.9. The van der Waals surface area contributed by atoms with Crippen molar-refractivity contribution in [2.45, 2.75) is 0 Å². The Morgan fingerprint density at radius 2 is 1.33 bits per heavy atom. The molecule has 0 spiro atoms. The highest BCUT2D eigenvalue weighted by Gasteiger charge is 1.96. The highest BCUT2D eigenvalue weighted by molar-refractivity contribution is 5.81. The first-order valence-corrected chi connectivity index (χ1v) is 6.47. The van der Waals surface area contributed by atoms with Crippen molar-refractivity contribution in [1.29, 1.82) is 0 Å². The Labute approximate surface area is 119 Å². The van der Waals surface area contributed by atoms with Gasteiger partial charge in [0.2, 0.25) is 0 Å². The van der Waals surface area contributed by atoms with Crippen molar-refractivity contribution in [3.63, 3.8) is 0 Å². The largest absolute Gasteiger partial charge is 0.366 e. The monoisotopic (exact) mass is 279 g/mol. The molecule has 0 aliphatic heterocycles. The Hall–Kier alpha value is -3.08. The molecule has 0 amide bonds. The summed E-state index contributed by atoms with van der Waals surface area (Å²) < 4.78 is 0. The second-order valence-corrected chi connectivity index (χ2v) is 4.54. The number of hydrogen-bond donors (Lipinski definition) is 3. The summed E-state index contributed by atoms with van der Waals surface area (Å²) in [5.41, 5.74) is -0.265. The van der Waals surface area contributed by atoms with Gasteiger partial charge in [0.25, 0.3) is 5.56 Å². The van der Waals surface area contributed by atoms with Crippen LogP contribution in [0.1, 0.15) is 0 Å². The molecule has 104 valence electrons. The van der Waals surface area contributed by atoms with Crippen LogP contribution in [0.5, 0.6) is 0 Å². The van der Waals surface area contributed by atoms with Crippen LogP contribution in [0.25, 0.3) is 21.7 Å². The van der Waals surface area contributed by atoms with E-state index in [0.29, 0.717) is 10.9 Å². The Bertz CT molecular complexity index is 965. The number of aromatic amines is 3. The topological polar surface area (TPSA) is 81.5 Å². The fourth-order valence-corrected chi connectivity index (χ4v) is 2.11. The summed E-state index contributed by atoms with van der Waals surface area (Å²) in [4.78, 5) is 29.6. The fraction of sp³-hybridized carbons (Fsp3) is 0. The number of fused-ring (bicyclic) bond motifs is 2. The van der Waals surface area contributed by atoms with Crippen LogP contribution in [0.2, 0.25) is 0 Å². The summed E-state index contributed by atoms with van der Waals surface area (Å²) in [6.07, 6.45) is 3.99. The lowest BCUT2D eigenvalue weighted by Gasteiger charge is -1.92. The van der Waals surface area contributed by atoms with E-state index in [0.717, 1.165) is 0 Å². The number of rotatable bonds is 0. The molecule has 2 aromatic carbocycles. The zero-order valence-electron chi connectivity index (χ0n) is 11.1. The van der Waals surface area contributed by atoms with Crippen molar-refractivity contribution in [3.8, 4) is 0 Å². The molecule has 4 aromatic rings. The van der Waals surface area contributed by atoms with Gasteiger partial charge in [0.15, 0.2) is 0 Å². The molecule has 5 nitrogen and oxygen atoms in total. The molecule has 0 fully saturated rings. The summed E-state index contributed by atoms with van der Waals surface area (Å²) in [6.45, 7) is 0. The maximum absolute atomic E-state index is 11.1. The molecule has 2 heterocycles. The molecular weight excluding hydrogens is 266 g/mol. The van der Waals surface area contributed by atoms with E-state index in [1.54, 1.807) is 24.3 Å². The molecule has 3 N–H and O–H groups in total. The van der Waals surface area contributed by atoms with Gasteiger partial charge in [-0.1, -0.05) is 36.4 Å². The first-order valence-electron chi connectivity index (χ1n) is 6.47. The molecule has 0 saturated carbocycles. The van der Waals surface area contributed by atoms with Gasteiger partial charge in [-0.2, -0.15) is 0 Å². The zero-order chi connectivity index (χ0) is 14.7. The van der Waals surface area contributed by atoms with Crippen molar-refractivity contribution in [2.24, 2.45) is 0 Å². The first-order chi connectivity index (χ1) is 10.2. The van der Waals surface area contributed by atoms with Gasteiger partial charge < -0.3 is 9.97 Å². The molecular formula is C16H13N3O2. The van der Waals surface area contributed by atoms with E-state index in [-0.39, 0.29) is 5.56 Å². The number of para-hydroxylation sites is 1. The van der Waals surface area contributed by atoms with E-state index < -0.39 is 5.69 Å². The lowest BCUT2D eigenvalue weighted by atomic mass is 10.2. The predicted molar refractivity (Wildman–Crippen MR) is 83.5 cm³/mol. The van der Waals surface area contributed by atoms with Gasteiger partial charge in [-0.05, 0) is 22.9 Å². The van der Waals surface area contributed by atoms with Crippen LogP contribution in [0.15, 0.2) is 70.5 Å². The van der Waals surface area contributed by atoms with Crippen molar-refractivity contribution in [2.75, 3.05) is 0 Å². The maximum Gasteiger partial charge on any atom is 0.326 e. The number of aromatic nitrogens is 3. The van der Waals surface area contributed by atoms with Crippen molar-refractivity contribution in [1.82, 2.24) is 15.0 Å². The maximum atomic E-state index is 11.1. The van der Waals surface area contributed by atoms with Gasteiger partial charge in [0, 0.05) is 12.4 Å². The summed E-state index contributed by atoms with van der Waals surface area (Å²) in [5, 5.41) is 3.05. The number of H-pyrrole nitrogens is 3. The molecule has 0 saturated heterocycles. The second kappa shape index (κ2) is 5.50. The predicted octanol–water partition coefficient (Wildman–Crippen LogP) is 2.38. The third-order valence-corrected chi connectivity index (χ3v) is 3.12. The molecule has 5 heteroatoms. The average Bonchev–Trinajstić information content (AvgIpc) is 2.96. The van der Waals surface area contributed by atoms with Crippen molar-refractivity contribution in [3.05, 3.63) is 81.8 Å². The quantitative estimate of drug-likeness (QED) is 0.462. The summed E-state index contributed by atoms with van der Waals surface area (Å²) in [6, 6.07) is 15.1. The lowest BCUT2D eigenvalue weighted by molar-refractivity contribution is 1.08. The minimum Gasteiger partial charge on any atom is -0.366 e. The van der Waals surface area contributed by atoms with Crippen LogP contribution in [-0.2, 0) is 0 Å². The van der Waals surface area contributed by atoms with E-state index in [9.17, 15) is 9.59 Å². The van der Waals surface area contributed by atoms with E-state index in [4.69, 9.17) is 0 Å². The normalized spacial score (nSPS) is 10.3. The minimum absolute atomic E-state index is 0.352. The molecule has 21 heavy (non-hydrogen) atoms. The van der Waals surface area contributed by atoms with E-state index >= 15 is 0 Å². The molecule has 0 radical (unpaired) electrons. The third kappa shape index (κ3) is 2.76. The van der Waals surface area contributed by atoms with Crippen molar-refractivity contribution >= 4 is 21.7 Å². The Morgan fingerprint density at radius 3 is 2.05 bits per heavy atom. The lowest BCUT2D eigenvalue weighted by Crippen LogP contribution is -2.21. The molecule has 2 aromatic heterocycles. The molecule has 4 rings (SSSR count). The van der Waals surface area contributed by atoms with Gasteiger partial charge in [-0.3, -0.25) is 9.78 Å². The van der Waals surface area contributed by atoms with Crippen LogP contribution >= 0.6 is 0 Å². The second-order valence-electron chi connectivity index (χ2n) is 4.54. The zero-order valence-corrected chi connectivity index (χ0v) is 11.1. The minimum atomic E-state index is -0.473. The molecule has 0 atom stereocenters. The molecule has 0 aliphatic rings. The molecule has 0 unspecified atom stereocenters. The van der Waals surface area contributed by atoms with Gasteiger partial charge in [0.05, 0.1) is 10.9 Å². The van der Waals surface area contributed by atoms with E-state index in [2.05, 4.69) is 27.1 Å². The average molecular weight is 279 g/mol. The highest BCUT2D eigenvalue weighted by atomic mass is 16.2. The van der Waals surface area contributed by atoms with Crippen molar-refractivity contribution < 1.29 is 0 Å². The Kier molecular flexibility index (Phi) is 3.39. The van der Waals surface area contributed by atoms with Gasteiger partial charge >= 0.3 is 5.69 Å². The SMILES string of the molecule is O=c1[nH]c(=O)c2ccccc2[nH]1.c1ccc2c[nH]cc2c1. The van der Waals surface area contributed by atoms with E-state index in [1.165, 1.54) is 10.8 Å². The van der Waals surface area contributed by atoms with Crippen LogP contribution < -0.4 is 11.2 Å². The fourth-order valence-electron chi connectivity index (χ4n) is 2.11. The third-order valence-electron chi connectivity index (χ3n) is 3.12. The van der Waals surface area contributed by atoms with Crippen LogP contribution in [0, 0.1) is 0 Å². The van der Waals surface area contributed by atoms with Gasteiger partial charge in [0.1, 0.15) is 0 Å². The number of hydrogen-bond acceptors (Lipinski definition) is 2. The standard InChI is InChI=1S/C8H6N2O2.C8H7N/c11-7-5-3-1-2-4-6(5)9-8(12)10-7;1-2-4-8-6-9-5-7(8)3-1/h1-4H,(H2,9,10,11,12);1-6,9H. The molecule has 0 bridgehead atoms. The number of benzene rings is 2. The van der Waals surface area contributed by atoms with Crippen LogP contribution in [0.4, 0.5) is 0 Å². The van der Waals surface area contributed by atoms with Crippen LogP contribution in [0.3, 0.4) is 0 Å². The highest BCUT2D eigenvalue weighted by Crippen LogP contribution is 2.10. The van der Waals surface area contributed by atoms with E-state index in [1.807, 2.05) is 24.5 Å². The van der Waals surface area contributed by atoms with Gasteiger partial charge in [-0.15, -0.1) is 0 Å². The van der Waals surface area contributed by atoms with Crippen LogP contribution in [-0.4, -0.2) is 15.0 Å². The number of nitrogens with one attached hydrogen (secondary N) is 3. The van der Waals surface area contributed by atoms with Gasteiger partial charge in [-0.25, -0.2) is 4.79 Å². The summed E-state index contributed by atoms with van der Waals surface area (Å²) in [5.74, 6) is 0. The molecule has 0 aliphatic carbocycles. The Morgan fingerprint density at radius 1 is 0.714 bits per heavy atom.